The molecule has 0 saturated heterocycles. The van der Waals surface area contributed by atoms with Crippen molar-refractivity contribution in [1.29, 1.82) is 0 Å². The third-order valence-electron chi connectivity index (χ3n) is 5.47. The molecule has 25 heavy (non-hydrogen) atoms. The minimum atomic E-state index is 0.285. The zero-order valence-corrected chi connectivity index (χ0v) is 14.0. The molecule has 0 bridgehead atoms. The Labute approximate surface area is 148 Å². The lowest BCUT2D eigenvalue weighted by Crippen LogP contribution is -2.26. The maximum atomic E-state index is 4.70. The molecule has 0 aromatic heterocycles. The van der Waals surface area contributed by atoms with E-state index in [1.54, 1.807) is 0 Å². The van der Waals surface area contributed by atoms with Gasteiger partial charge in [-0.3, -0.25) is 0 Å². The molecule has 0 fully saturated rings. The Kier molecular flexibility index (Phi) is 3.41. The van der Waals surface area contributed by atoms with Crippen molar-refractivity contribution in [1.82, 2.24) is 5.43 Å². The standard InChI is InChI=1S/C23H20N2/c1-2-6-16(7-3-1)17-10-12-19(13-11-17)22-21-15-14-18-8-4-5-9-20(18)23(21)25-24-22/h1-13,21-22,24H,14-15H2. The van der Waals surface area contributed by atoms with Crippen LogP contribution in [0.15, 0.2) is 84.0 Å². The van der Waals surface area contributed by atoms with Crippen molar-refractivity contribution in [3.8, 4) is 11.1 Å². The molecule has 0 amide bonds. The quantitative estimate of drug-likeness (QED) is 0.707. The molecule has 1 heterocycles. The number of hydrogen-bond donors (Lipinski definition) is 1. The van der Waals surface area contributed by atoms with Crippen LogP contribution in [0.4, 0.5) is 0 Å². The monoisotopic (exact) mass is 324 g/mol. The maximum absolute atomic E-state index is 4.70. The molecule has 2 nitrogen and oxygen atoms in total. The summed E-state index contributed by atoms with van der Waals surface area (Å²) in [7, 11) is 0. The largest absolute Gasteiger partial charge is 0.302 e. The van der Waals surface area contributed by atoms with Gasteiger partial charge in [0, 0.05) is 11.5 Å². The van der Waals surface area contributed by atoms with Gasteiger partial charge in [0.15, 0.2) is 0 Å². The fraction of sp³-hybridized carbons (Fsp3) is 0.174. The van der Waals surface area contributed by atoms with E-state index < -0.39 is 0 Å². The fourth-order valence-corrected chi connectivity index (χ4v) is 4.15. The second kappa shape index (κ2) is 5.89. The Bertz CT molecular complexity index is 926. The molecule has 122 valence electrons. The molecule has 0 radical (unpaired) electrons. The fourth-order valence-electron chi connectivity index (χ4n) is 4.15. The van der Waals surface area contributed by atoms with Crippen LogP contribution in [0.3, 0.4) is 0 Å². The number of rotatable bonds is 2. The van der Waals surface area contributed by atoms with Gasteiger partial charge in [0.1, 0.15) is 0 Å². The van der Waals surface area contributed by atoms with E-state index in [4.69, 9.17) is 5.10 Å². The van der Waals surface area contributed by atoms with Crippen LogP contribution in [0.5, 0.6) is 0 Å². The van der Waals surface area contributed by atoms with Crippen LogP contribution in [-0.4, -0.2) is 5.71 Å². The van der Waals surface area contributed by atoms with Crippen LogP contribution in [-0.2, 0) is 6.42 Å². The Hall–Kier alpha value is -2.87. The van der Waals surface area contributed by atoms with E-state index in [-0.39, 0.29) is 6.04 Å². The maximum Gasteiger partial charge on any atom is 0.0774 e. The van der Waals surface area contributed by atoms with E-state index in [0.717, 1.165) is 12.8 Å². The molecule has 1 aliphatic heterocycles. The van der Waals surface area contributed by atoms with E-state index in [0.29, 0.717) is 5.92 Å². The number of hydrogen-bond acceptors (Lipinski definition) is 2. The van der Waals surface area contributed by atoms with Crippen molar-refractivity contribution in [3.63, 3.8) is 0 Å². The normalized spacial score (nSPS) is 21.0. The van der Waals surface area contributed by atoms with Crippen molar-refractivity contribution in [2.45, 2.75) is 18.9 Å². The van der Waals surface area contributed by atoms with Gasteiger partial charge in [0.25, 0.3) is 0 Å². The molecular weight excluding hydrogens is 304 g/mol. The Balaban J connectivity index is 1.43. The highest BCUT2D eigenvalue weighted by molar-refractivity contribution is 6.05. The molecule has 1 aliphatic carbocycles. The number of nitrogens with zero attached hydrogens (tertiary/aromatic N) is 1. The second-order valence-electron chi connectivity index (χ2n) is 6.89. The molecule has 3 aromatic carbocycles. The van der Waals surface area contributed by atoms with E-state index in [1.165, 1.54) is 33.5 Å². The van der Waals surface area contributed by atoms with Crippen molar-refractivity contribution in [3.05, 3.63) is 95.6 Å². The highest BCUT2D eigenvalue weighted by Gasteiger charge is 2.36. The topological polar surface area (TPSA) is 24.4 Å². The van der Waals surface area contributed by atoms with Crippen molar-refractivity contribution in [2.24, 2.45) is 11.0 Å². The van der Waals surface area contributed by atoms with Crippen LogP contribution >= 0.6 is 0 Å². The summed E-state index contributed by atoms with van der Waals surface area (Å²) in [5.74, 6) is 0.470. The molecule has 0 spiro atoms. The third kappa shape index (κ3) is 2.45. The zero-order valence-electron chi connectivity index (χ0n) is 14.0. The minimum absolute atomic E-state index is 0.285. The van der Waals surface area contributed by atoms with Crippen LogP contribution in [0.2, 0.25) is 0 Å². The van der Waals surface area contributed by atoms with Crippen LogP contribution in [0.1, 0.15) is 29.2 Å². The lowest BCUT2D eigenvalue weighted by atomic mass is 9.77. The van der Waals surface area contributed by atoms with Gasteiger partial charge in [0.05, 0.1) is 11.8 Å². The molecule has 2 unspecified atom stereocenters. The highest BCUT2D eigenvalue weighted by Crippen LogP contribution is 2.38. The Morgan fingerprint density at radius 1 is 0.760 bits per heavy atom. The zero-order chi connectivity index (χ0) is 16.6. The van der Waals surface area contributed by atoms with Crippen molar-refractivity contribution in [2.75, 3.05) is 0 Å². The van der Waals surface area contributed by atoms with Crippen molar-refractivity contribution < 1.29 is 0 Å². The van der Waals surface area contributed by atoms with Crippen molar-refractivity contribution >= 4 is 5.71 Å². The summed E-state index contributed by atoms with van der Waals surface area (Å²) >= 11 is 0. The number of aryl methyl sites for hydroxylation is 1. The van der Waals surface area contributed by atoms with Crippen LogP contribution in [0.25, 0.3) is 11.1 Å². The van der Waals surface area contributed by atoms with E-state index in [2.05, 4.69) is 84.3 Å². The van der Waals surface area contributed by atoms with Gasteiger partial charge < -0.3 is 5.43 Å². The molecule has 2 atom stereocenters. The van der Waals surface area contributed by atoms with Crippen LogP contribution < -0.4 is 5.43 Å². The molecule has 3 aromatic rings. The Morgan fingerprint density at radius 2 is 1.48 bits per heavy atom. The lowest BCUT2D eigenvalue weighted by Gasteiger charge is -2.26. The number of benzene rings is 3. The van der Waals surface area contributed by atoms with Gasteiger partial charge in [-0.05, 0) is 35.1 Å². The number of nitrogens with one attached hydrogen (secondary N) is 1. The molecule has 2 aliphatic rings. The molecule has 5 rings (SSSR count). The third-order valence-corrected chi connectivity index (χ3v) is 5.47. The molecular formula is C23H20N2. The molecule has 0 saturated carbocycles. The minimum Gasteiger partial charge on any atom is -0.302 e. The second-order valence-corrected chi connectivity index (χ2v) is 6.89. The first-order valence-electron chi connectivity index (χ1n) is 8.97. The number of hydrazone groups is 1. The lowest BCUT2D eigenvalue weighted by molar-refractivity contribution is 0.467. The van der Waals surface area contributed by atoms with Gasteiger partial charge in [-0.2, -0.15) is 5.10 Å². The highest BCUT2D eigenvalue weighted by atomic mass is 15.3. The summed E-state index contributed by atoms with van der Waals surface area (Å²) in [6.45, 7) is 0. The number of fused-ring (bicyclic) bond motifs is 3. The van der Waals surface area contributed by atoms with E-state index in [9.17, 15) is 0 Å². The summed E-state index contributed by atoms with van der Waals surface area (Å²) in [6.07, 6.45) is 2.30. The van der Waals surface area contributed by atoms with Gasteiger partial charge in [-0.1, -0.05) is 78.9 Å². The van der Waals surface area contributed by atoms with Gasteiger partial charge in [-0.15, -0.1) is 0 Å². The average molecular weight is 324 g/mol. The first-order valence-corrected chi connectivity index (χ1v) is 8.97. The predicted molar refractivity (Wildman–Crippen MR) is 103 cm³/mol. The SMILES string of the molecule is c1ccc(-c2ccc(C3NN=C4c5ccccc5CCC43)cc2)cc1. The summed E-state index contributed by atoms with van der Waals surface area (Å²) in [4.78, 5) is 0. The van der Waals surface area contributed by atoms with Crippen LogP contribution in [0, 0.1) is 5.92 Å². The van der Waals surface area contributed by atoms with Gasteiger partial charge >= 0.3 is 0 Å². The summed E-state index contributed by atoms with van der Waals surface area (Å²) in [6, 6.07) is 28.5. The summed E-state index contributed by atoms with van der Waals surface area (Å²) in [5.41, 5.74) is 11.2. The summed E-state index contributed by atoms with van der Waals surface area (Å²) in [5, 5.41) is 4.70. The molecule has 1 N–H and O–H groups in total. The summed E-state index contributed by atoms with van der Waals surface area (Å²) < 4.78 is 0. The smallest absolute Gasteiger partial charge is 0.0774 e. The Morgan fingerprint density at radius 3 is 2.32 bits per heavy atom. The first-order chi connectivity index (χ1) is 12.4. The molecule has 2 heteroatoms. The first kappa shape index (κ1) is 14.5. The van der Waals surface area contributed by atoms with E-state index >= 15 is 0 Å². The van der Waals surface area contributed by atoms with Gasteiger partial charge in [-0.25, -0.2) is 0 Å². The predicted octanol–water partition coefficient (Wildman–Crippen LogP) is 4.96. The van der Waals surface area contributed by atoms with Gasteiger partial charge in [0.2, 0.25) is 0 Å². The van der Waals surface area contributed by atoms with E-state index in [1.807, 2.05) is 0 Å². The average Bonchev–Trinajstić information content (AvgIpc) is 3.13.